The molecule has 0 fully saturated rings. The summed E-state index contributed by atoms with van der Waals surface area (Å²) < 4.78 is 5.12. The maximum Gasteiger partial charge on any atom is 0.349 e. The standard InChI is InChI=1S/C28H22ClN3O8/c29-21-12-17(24(34)30-13-15-4-3-6-18(33)10-15)8-9-19(21)26(36)32-22(27(37)38)14-31-25(35)20-11-16-5-1-2-7-23(16)40-28(20)39/h1-12,22,33H,13-14H2,(H,30,34)(H,31,35)(H,32,36)(H,37,38)/t22-/m0/s1. The number of benzene rings is 3. The fraction of sp³-hybridized carbons (Fsp3) is 0.107. The van der Waals surface area contributed by atoms with E-state index >= 15 is 0 Å². The summed E-state index contributed by atoms with van der Waals surface area (Å²) in [6.45, 7) is -0.403. The summed E-state index contributed by atoms with van der Waals surface area (Å²) in [5, 5.41) is 26.7. The van der Waals surface area contributed by atoms with Gasteiger partial charge in [0.15, 0.2) is 0 Å². The van der Waals surface area contributed by atoms with Crippen LogP contribution in [0.25, 0.3) is 11.0 Å². The number of halogens is 1. The van der Waals surface area contributed by atoms with Crippen molar-refractivity contribution in [1.29, 1.82) is 0 Å². The third-order valence-corrected chi connectivity index (χ3v) is 6.11. The third-order valence-electron chi connectivity index (χ3n) is 5.80. The first-order valence-corrected chi connectivity index (χ1v) is 12.2. The number of nitrogens with one attached hydrogen (secondary N) is 3. The Balaban J connectivity index is 1.38. The molecule has 1 heterocycles. The van der Waals surface area contributed by atoms with Gasteiger partial charge in [-0.25, -0.2) is 9.59 Å². The Morgan fingerprint density at radius 3 is 2.35 bits per heavy atom. The van der Waals surface area contributed by atoms with Gasteiger partial charge < -0.3 is 30.6 Å². The highest BCUT2D eigenvalue weighted by Crippen LogP contribution is 2.19. The summed E-state index contributed by atoms with van der Waals surface area (Å²) in [5.74, 6) is -3.61. The molecule has 11 nitrogen and oxygen atoms in total. The number of para-hydroxylation sites is 1. The first kappa shape index (κ1) is 27.9. The maximum absolute atomic E-state index is 12.8. The molecular formula is C28H22ClN3O8. The zero-order chi connectivity index (χ0) is 28.8. The Morgan fingerprint density at radius 1 is 0.850 bits per heavy atom. The number of hydrogen-bond donors (Lipinski definition) is 5. The van der Waals surface area contributed by atoms with Gasteiger partial charge in [-0.05, 0) is 48.0 Å². The number of carbonyl (C=O) groups is 4. The van der Waals surface area contributed by atoms with E-state index in [0.717, 1.165) is 0 Å². The summed E-state index contributed by atoms with van der Waals surface area (Å²) >= 11 is 6.21. The monoisotopic (exact) mass is 563 g/mol. The second-order valence-electron chi connectivity index (χ2n) is 8.61. The molecule has 1 aromatic heterocycles. The number of aromatic hydroxyl groups is 1. The van der Waals surface area contributed by atoms with E-state index < -0.39 is 41.9 Å². The smallest absolute Gasteiger partial charge is 0.349 e. The fourth-order valence-electron chi connectivity index (χ4n) is 3.74. The lowest BCUT2D eigenvalue weighted by atomic mass is 10.1. The van der Waals surface area contributed by atoms with Crippen LogP contribution in [0.1, 0.15) is 36.6 Å². The Labute approximate surface area is 231 Å². The van der Waals surface area contributed by atoms with Crippen molar-refractivity contribution in [2.24, 2.45) is 0 Å². The highest BCUT2D eigenvalue weighted by atomic mass is 35.5. The van der Waals surface area contributed by atoms with Gasteiger partial charge in [0.2, 0.25) is 0 Å². The van der Waals surface area contributed by atoms with Gasteiger partial charge in [-0.3, -0.25) is 14.4 Å². The first-order chi connectivity index (χ1) is 19.1. The van der Waals surface area contributed by atoms with Crippen LogP contribution in [-0.2, 0) is 11.3 Å². The lowest BCUT2D eigenvalue weighted by Crippen LogP contribution is -2.48. The molecule has 40 heavy (non-hydrogen) atoms. The van der Waals surface area contributed by atoms with E-state index in [-0.39, 0.29) is 39.6 Å². The SMILES string of the molecule is O=C(NCc1cccc(O)c1)c1ccc(C(=O)N[C@@H](CNC(=O)c2cc3ccccc3oc2=O)C(=O)O)c(Cl)c1. The van der Waals surface area contributed by atoms with Crippen molar-refractivity contribution < 1.29 is 33.8 Å². The molecule has 0 aliphatic heterocycles. The van der Waals surface area contributed by atoms with Crippen molar-refractivity contribution in [1.82, 2.24) is 16.0 Å². The average molecular weight is 564 g/mol. The molecule has 3 aromatic carbocycles. The van der Waals surface area contributed by atoms with Crippen molar-refractivity contribution in [2.75, 3.05) is 6.54 Å². The lowest BCUT2D eigenvalue weighted by molar-refractivity contribution is -0.139. The Morgan fingerprint density at radius 2 is 1.62 bits per heavy atom. The summed E-state index contributed by atoms with van der Waals surface area (Å²) in [5.41, 5.74) is -0.211. The highest BCUT2D eigenvalue weighted by molar-refractivity contribution is 6.34. The summed E-state index contributed by atoms with van der Waals surface area (Å²) in [7, 11) is 0. The van der Waals surface area contributed by atoms with Gasteiger partial charge in [0.1, 0.15) is 22.9 Å². The van der Waals surface area contributed by atoms with E-state index in [1.165, 1.54) is 36.4 Å². The third kappa shape index (κ3) is 6.63. The van der Waals surface area contributed by atoms with E-state index in [1.54, 1.807) is 36.4 Å². The molecule has 4 aromatic rings. The minimum atomic E-state index is -1.56. The van der Waals surface area contributed by atoms with Crippen LogP contribution in [0.2, 0.25) is 5.02 Å². The molecule has 0 bridgehead atoms. The number of hydrogen-bond acceptors (Lipinski definition) is 7. The van der Waals surface area contributed by atoms with Crippen molar-refractivity contribution in [3.63, 3.8) is 0 Å². The van der Waals surface area contributed by atoms with Gasteiger partial charge in [-0.2, -0.15) is 0 Å². The number of fused-ring (bicyclic) bond motifs is 1. The van der Waals surface area contributed by atoms with Crippen molar-refractivity contribution >= 4 is 46.3 Å². The van der Waals surface area contributed by atoms with Crippen molar-refractivity contribution in [2.45, 2.75) is 12.6 Å². The van der Waals surface area contributed by atoms with Gasteiger partial charge in [0.25, 0.3) is 17.7 Å². The topological polar surface area (TPSA) is 175 Å². The van der Waals surface area contributed by atoms with Gasteiger partial charge in [-0.1, -0.05) is 41.9 Å². The van der Waals surface area contributed by atoms with E-state index in [1.807, 2.05) is 0 Å². The molecule has 12 heteroatoms. The number of carbonyl (C=O) groups excluding carboxylic acids is 3. The minimum Gasteiger partial charge on any atom is -0.508 e. The summed E-state index contributed by atoms with van der Waals surface area (Å²) in [6, 6.07) is 16.5. The lowest BCUT2D eigenvalue weighted by Gasteiger charge is -2.16. The second kappa shape index (κ2) is 12.1. The maximum atomic E-state index is 12.8. The van der Waals surface area contributed by atoms with E-state index in [0.29, 0.717) is 10.9 Å². The number of carboxylic acids is 1. The number of rotatable bonds is 9. The van der Waals surface area contributed by atoms with Gasteiger partial charge in [0.05, 0.1) is 10.6 Å². The second-order valence-corrected chi connectivity index (χ2v) is 9.01. The Bertz CT molecular complexity index is 1680. The molecule has 0 saturated heterocycles. The van der Waals surface area contributed by atoms with Crippen LogP contribution in [-0.4, -0.2) is 46.5 Å². The molecule has 204 valence electrons. The van der Waals surface area contributed by atoms with Gasteiger partial charge in [-0.15, -0.1) is 0 Å². The molecule has 0 saturated carbocycles. The van der Waals surface area contributed by atoms with Crippen LogP contribution in [0.5, 0.6) is 5.75 Å². The molecule has 0 aliphatic carbocycles. The number of amides is 3. The van der Waals surface area contributed by atoms with Crippen LogP contribution >= 0.6 is 11.6 Å². The first-order valence-electron chi connectivity index (χ1n) is 11.8. The van der Waals surface area contributed by atoms with Crippen LogP contribution in [0.3, 0.4) is 0 Å². The molecule has 1 atom stereocenters. The minimum absolute atomic E-state index is 0.0590. The number of phenols is 1. The fourth-order valence-corrected chi connectivity index (χ4v) is 4.00. The van der Waals surface area contributed by atoms with Crippen LogP contribution in [0, 0.1) is 0 Å². The zero-order valence-electron chi connectivity index (χ0n) is 20.6. The normalized spacial score (nSPS) is 11.4. The quantitative estimate of drug-likeness (QED) is 0.193. The highest BCUT2D eigenvalue weighted by Gasteiger charge is 2.24. The molecule has 5 N–H and O–H groups in total. The molecule has 0 unspecified atom stereocenters. The summed E-state index contributed by atoms with van der Waals surface area (Å²) in [4.78, 5) is 61.7. The van der Waals surface area contributed by atoms with Crippen LogP contribution < -0.4 is 21.6 Å². The van der Waals surface area contributed by atoms with Gasteiger partial charge >= 0.3 is 11.6 Å². The predicted molar refractivity (Wildman–Crippen MR) is 144 cm³/mol. The number of phenolic OH excluding ortho intramolecular Hbond substituents is 1. The van der Waals surface area contributed by atoms with Crippen LogP contribution in [0.4, 0.5) is 0 Å². The average Bonchev–Trinajstić information content (AvgIpc) is 2.93. The molecule has 0 radical (unpaired) electrons. The number of carboxylic acid groups (broad SMARTS) is 1. The summed E-state index contributed by atoms with van der Waals surface area (Å²) in [6.07, 6.45) is 0. The van der Waals surface area contributed by atoms with Crippen molar-refractivity contribution in [3.8, 4) is 5.75 Å². The van der Waals surface area contributed by atoms with E-state index in [2.05, 4.69) is 16.0 Å². The van der Waals surface area contributed by atoms with Crippen molar-refractivity contribution in [3.05, 3.63) is 110 Å². The molecule has 0 aliphatic rings. The Kier molecular flexibility index (Phi) is 8.45. The Hall–Kier alpha value is -5.16. The number of aliphatic carboxylic acids is 1. The predicted octanol–water partition coefficient (Wildman–Crippen LogP) is 2.70. The molecule has 3 amide bonds. The molecular weight excluding hydrogens is 542 g/mol. The van der Waals surface area contributed by atoms with Gasteiger partial charge in [0, 0.05) is 24.0 Å². The van der Waals surface area contributed by atoms with Crippen LogP contribution in [0.15, 0.2) is 82.0 Å². The van der Waals surface area contributed by atoms with E-state index in [4.69, 9.17) is 16.0 Å². The molecule has 0 spiro atoms. The zero-order valence-corrected chi connectivity index (χ0v) is 21.4. The van der Waals surface area contributed by atoms with E-state index in [9.17, 15) is 34.2 Å². The largest absolute Gasteiger partial charge is 0.508 e. The molecule has 4 rings (SSSR count).